The summed E-state index contributed by atoms with van der Waals surface area (Å²) in [5.74, 6) is -0.132. The molecule has 0 bridgehead atoms. The second kappa shape index (κ2) is 6.37. The minimum absolute atomic E-state index is 0.297. The van der Waals surface area contributed by atoms with E-state index in [9.17, 15) is 14.9 Å². The molecule has 0 unspecified atom stereocenters. The third kappa shape index (κ3) is 2.69. The van der Waals surface area contributed by atoms with E-state index < -0.39 is 11.8 Å². The fourth-order valence-corrected chi connectivity index (χ4v) is 2.76. The van der Waals surface area contributed by atoms with Gasteiger partial charge in [-0.15, -0.1) is 0 Å². The number of hydrogen-bond acceptors (Lipinski definition) is 7. The van der Waals surface area contributed by atoms with Crippen LogP contribution in [0, 0.1) is 11.3 Å². The van der Waals surface area contributed by atoms with Crippen molar-refractivity contribution in [3.8, 4) is 6.07 Å². The molecular formula is C18H18N6O2. The third-order valence-corrected chi connectivity index (χ3v) is 4.02. The van der Waals surface area contributed by atoms with E-state index in [-0.39, 0.29) is 0 Å². The monoisotopic (exact) mass is 350 g/mol. The molecule has 2 amide bonds. The summed E-state index contributed by atoms with van der Waals surface area (Å²) in [4.78, 5) is 32.9. The van der Waals surface area contributed by atoms with Crippen molar-refractivity contribution in [3.63, 3.8) is 0 Å². The van der Waals surface area contributed by atoms with Crippen LogP contribution in [0.5, 0.6) is 0 Å². The predicted molar refractivity (Wildman–Crippen MR) is 98.2 cm³/mol. The molecule has 1 N–H and O–H groups in total. The van der Waals surface area contributed by atoms with E-state index in [1.54, 1.807) is 68.3 Å². The maximum absolute atomic E-state index is 12.5. The smallest absolute Gasteiger partial charge is 0.280 e. The lowest BCUT2D eigenvalue weighted by atomic mass is 10.1. The molecule has 26 heavy (non-hydrogen) atoms. The Hall–Kier alpha value is -3.60. The van der Waals surface area contributed by atoms with Gasteiger partial charge in [-0.05, 0) is 12.1 Å². The summed E-state index contributed by atoms with van der Waals surface area (Å²) in [6.45, 7) is 0. The van der Waals surface area contributed by atoms with Gasteiger partial charge in [-0.25, -0.2) is 4.98 Å². The topological polar surface area (TPSA) is 92.6 Å². The molecule has 1 aliphatic rings. The molecule has 2 heterocycles. The Labute approximate surface area is 151 Å². The van der Waals surface area contributed by atoms with E-state index in [2.05, 4.69) is 16.5 Å². The first-order chi connectivity index (χ1) is 12.3. The molecule has 0 fully saturated rings. The van der Waals surface area contributed by atoms with E-state index in [4.69, 9.17) is 0 Å². The number of pyridine rings is 1. The first-order valence-corrected chi connectivity index (χ1v) is 7.89. The molecule has 1 aromatic heterocycles. The molecule has 0 aliphatic carbocycles. The second-order valence-electron chi connectivity index (χ2n) is 6.23. The molecule has 0 saturated carbocycles. The Morgan fingerprint density at radius 1 is 1.04 bits per heavy atom. The van der Waals surface area contributed by atoms with Crippen LogP contribution in [0.2, 0.25) is 0 Å². The Balaban J connectivity index is 2.03. The molecule has 0 radical (unpaired) electrons. The van der Waals surface area contributed by atoms with E-state index in [1.807, 2.05) is 0 Å². The lowest BCUT2D eigenvalue weighted by Crippen LogP contribution is -2.36. The van der Waals surface area contributed by atoms with E-state index >= 15 is 0 Å². The van der Waals surface area contributed by atoms with Gasteiger partial charge in [-0.1, -0.05) is 12.1 Å². The number of aromatic nitrogens is 1. The number of amides is 2. The Morgan fingerprint density at radius 2 is 1.62 bits per heavy atom. The number of carbonyl (C=O) groups excluding carboxylic acids is 2. The fraction of sp³-hybridized carbons (Fsp3) is 0.222. The number of hydrazine groups is 1. The van der Waals surface area contributed by atoms with Gasteiger partial charge in [-0.2, -0.15) is 10.3 Å². The molecule has 132 valence electrons. The van der Waals surface area contributed by atoms with Crippen molar-refractivity contribution in [2.24, 2.45) is 0 Å². The van der Waals surface area contributed by atoms with E-state index in [1.165, 1.54) is 0 Å². The number of nitriles is 1. The summed E-state index contributed by atoms with van der Waals surface area (Å²) in [5, 5.41) is 10.4. The lowest BCUT2D eigenvalue weighted by molar-refractivity contribution is 0.0690. The van der Waals surface area contributed by atoms with Crippen molar-refractivity contribution in [2.75, 3.05) is 43.4 Å². The molecule has 8 nitrogen and oxygen atoms in total. The summed E-state index contributed by atoms with van der Waals surface area (Å²) in [6.07, 6.45) is 0. The first kappa shape index (κ1) is 17.2. The van der Waals surface area contributed by atoms with E-state index in [0.29, 0.717) is 34.0 Å². The largest absolute Gasteiger partial charge is 0.376 e. The van der Waals surface area contributed by atoms with Gasteiger partial charge in [0.1, 0.15) is 17.5 Å². The van der Waals surface area contributed by atoms with Crippen LogP contribution >= 0.6 is 0 Å². The van der Waals surface area contributed by atoms with Crippen LogP contribution in [0.25, 0.3) is 0 Å². The molecule has 3 rings (SSSR count). The van der Waals surface area contributed by atoms with Crippen LogP contribution in [0.3, 0.4) is 0 Å². The van der Waals surface area contributed by atoms with Crippen molar-refractivity contribution in [3.05, 3.63) is 47.0 Å². The standard InChI is InChI=1S/C18H18N6O2/c1-22(2)14-9-15(20-16(23(3)4)13(14)10-19)21-24-17(25)11-7-5-6-8-12(11)18(24)26/h5-9H,1-4H3,(H,20,21). The maximum atomic E-state index is 12.5. The van der Waals surface area contributed by atoms with Gasteiger partial charge in [0.25, 0.3) is 11.8 Å². The molecule has 2 aromatic rings. The predicted octanol–water partition coefficient (Wildman–Crippen LogP) is 1.71. The highest BCUT2D eigenvalue weighted by Gasteiger charge is 2.36. The lowest BCUT2D eigenvalue weighted by Gasteiger charge is -2.23. The minimum atomic E-state index is -0.436. The van der Waals surface area contributed by atoms with Gasteiger partial charge in [0.2, 0.25) is 0 Å². The quantitative estimate of drug-likeness (QED) is 0.839. The van der Waals surface area contributed by atoms with E-state index in [0.717, 1.165) is 5.01 Å². The zero-order valence-corrected chi connectivity index (χ0v) is 14.9. The van der Waals surface area contributed by atoms with Crippen molar-refractivity contribution >= 4 is 29.1 Å². The average molecular weight is 350 g/mol. The fourth-order valence-electron chi connectivity index (χ4n) is 2.76. The van der Waals surface area contributed by atoms with Crippen molar-refractivity contribution < 1.29 is 9.59 Å². The van der Waals surface area contributed by atoms with Crippen LogP contribution in [-0.2, 0) is 0 Å². The van der Waals surface area contributed by atoms with Crippen LogP contribution in [0.4, 0.5) is 17.3 Å². The third-order valence-electron chi connectivity index (χ3n) is 4.02. The molecule has 0 atom stereocenters. The number of hydrogen-bond donors (Lipinski definition) is 1. The molecule has 8 heteroatoms. The zero-order chi connectivity index (χ0) is 19.0. The second-order valence-corrected chi connectivity index (χ2v) is 6.23. The number of rotatable bonds is 4. The Bertz CT molecular complexity index is 881. The summed E-state index contributed by atoms with van der Waals surface area (Å²) in [5.41, 5.74) is 4.52. The molecule has 0 saturated heterocycles. The number of nitrogens with zero attached hydrogens (tertiary/aromatic N) is 5. The highest BCUT2D eigenvalue weighted by atomic mass is 16.2. The van der Waals surface area contributed by atoms with Gasteiger partial charge in [0.05, 0.1) is 16.8 Å². The number of anilines is 3. The molecule has 1 aromatic carbocycles. The summed E-state index contributed by atoms with van der Waals surface area (Å²) >= 11 is 0. The number of carbonyl (C=O) groups is 2. The van der Waals surface area contributed by atoms with Crippen LogP contribution in [-0.4, -0.2) is 50.0 Å². The number of nitrogens with one attached hydrogen (secondary N) is 1. The number of fused-ring (bicyclic) bond motifs is 1. The van der Waals surface area contributed by atoms with Crippen LogP contribution in [0.15, 0.2) is 30.3 Å². The van der Waals surface area contributed by atoms with Gasteiger partial charge in [-0.3, -0.25) is 15.0 Å². The van der Waals surface area contributed by atoms with Crippen molar-refractivity contribution in [2.45, 2.75) is 0 Å². The van der Waals surface area contributed by atoms with Gasteiger partial charge >= 0.3 is 0 Å². The van der Waals surface area contributed by atoms with Crippen LogP contribution < -0.4 is 15.2 Å². The molecule has 1 aliphatic heterocycles. The molecular weight excluding hydrogens is 332 g/mol. The number of benzene rings is 1. The Morgan fingerprint density at radius 3 is 2.08 bits per heavy atom. The SMILES string of the molecule is CN(C)c1cc(NN2C(=O)c3ccccc3C2=O)nc(N(C)C)c1C#N. The Kier molecular flexibility index (Phi) is 4.22. The minimum Gasteiger partial charge on any atom is -0.376 e. The summed E-state index contributed by atoms with van der Waals surface area (Å²) in [6, 6.07) is 10.4. The molecule has 0 spiro atoms. The van der Waals surface area contributed by atoms with Crippen LogP contribution in [0.1, 0.15) is 26.3 Å². The van der Waals surface area contributed by atoms with Gasteiger partial charge in [0, 0.05) is 34.3 Å². The first-order valence-electron chi connectivity index (χ1n) is 7.89. The maximum Gasteiger partial charge on any atom is 0.280 e. The highest BCUT2D eigenvalue weighted by molar-refractivity contribution is 6.21. The van der Waals surface area contributed by atoms with Crippen molar-refractivity contribution in [1.82, 2.24) is 9.99 Å². The van der Waals surface area contributed by atoms with Crippen molar-refractivity contribution in [1.29, 1.82) is 5.26 Å². The summed E-state index contributed by atoms with van der Waals surface area (Å²) < 4.78 is 0. The van der Waals surface area contributed by atoms with Gasteiger partial charge < -0.3 is 9.80 Å². The normalized spacial score (nSPS) is 12.7. The average Bonchev–Trinajstić information content (AvgIpc) is 2.86. The summed E-state index contributed by atoms with van der Waals surface area (Å²) in [7, 11) is 7.16. The zero-order valence-electron chi connectivity index (χ0n) is 14.9. The number of imide groups is 1. The highest BCUT2D eigenvalue weighted by Crippen LogP contribution is 2.30. The van der Waals surface area contributed by atoms with Gasteiger partial charge in [0.15, 0.2) is 5.82 Å².